The maximum Gasteiger partial charge on any atom is 0.317 e. The van der Waals surface area contributed by atoms with Gasteiger partial charge in [-0.2, -0.15) is 0 Å². The van der Waals surface area contributed by atoms with Crippen LogP contribution in [0.1, 0.15) is 30.9 Å². The Morgan fingerprint density at radius 2 is 2.00 bits per heavy atom. The van der Waals surface area contributed by atoms with Gasteiger partial charge in [0.2, 0.25) is 5.89 Å². The lowest BCUT2D eigenvalue weighted by atomic mass is 9.91. The highest BCUT2D eigenvalue weighted by molar-refractivity contribution is 5.74. The lowest BCUT2D eigenvalue weighted by molar-refractivity contribution is 0.207. The molecule has 1 aliphatic heterocycles. The summed E-state index contributed by atoms with van der Waals surface area (Å²) in [6.45, 7) is 8.94. The Morgan fingerprint density at radius 1 is 1.18 bits per heavy atom. The van der Waals surface area contributed by atoms with E-state index in [2.05, 4.69) is 29.4 Å². The molecule has 0 unspecified atom stereocenters. The monoisotopic (exact) mass is 447 g/mol. The smallest absolute Gasteiger partial charge is 0.317 e. The number of rotatable bonds is 8. The molecular weight excluding hydrogens is 414 g/mol. The van der Waals surface area contributed by atoms with E-state index in [0.29, 0.717) is 37.3 Å². The maximum atomic E-state index is 12.2. The van der Waals surface area contributed by atoms with Crippen LogP contribution < -0.4 is 10.1 Å². The predicted molar refractivity (Wildman–Crippen MR) is 129 cm³/mol. The SMILES string of the molecule is CCNC(=O)N1C[C@@H](Cc2cccc(OCCc3nc(-c4ccccc4)oc3C)c2)[C@@H](C)C1. The number of carbonyl (C=O) groups excluding carboxylic acids is 1. The second kappa shape index (κ2) is 10.6. The average Bonchev–Trinajstić information content (AvgIpc) is 3.37. The number of likely N-dealkylation sites (tertiary alicyclic amines) is 1. The second-order valence-corrected chi connectivity index (χ2v) is 8.82. The van der Waals surface area contributed by atoms with Gasteiger partial charge in [-0.25, -0.2) is 9.78 Å². The van der Waals surface area contributed by atoms with Crippen molar-refractivity contribution in [2.24, 2.45) is 11.8 Å². The van der Waals surface area contributed by atoms with Crippen molar-refractivity contribution >= 4 is 6.03 Å². The number of hydrogen-bond donors (Lipinski definition) is 1. The number of amides is 2. The quantitative estimate of drug-likeness (QED) is 0.521. The number of hydrogen-bond acceptors (Lipinski definition) is 4. The van der Waals surface area contributed by atoms with Crippen molar-refractivity contribution in [3.05, 3.63) is 71.6 Å². The van der Waals surface area contributed by atoms with Crippen molar-refractivity contribution in [2.45, 2.75) is 33.6 Å². The van der Waals surface area contributed by atoms with Gasteiger partial charge in [-0.3, -0.25) is 0 Å². The van der Waals surface area contributed by atoms with Crippen LogP contribution in [0.5, 0.6) is 5.75 Å². The Hall–Kier alpha value is -3.28. The summed E-state index contributed by atoms with van der Waals surface area (Å²) in [5.41, 5.74) is 3.15. The Labute approximate surface area is 196 Å². The van der Waals surface area contributed by atoms with E-state index in [1.54, 1.807) is 0 Å². The molecule has 1 saturated heterocycles. The topological polar surface area (TPSA) is 67.6 Å². The molecule has 6 nitrogen and oxygen atoms in total. The van der Waals surface area contributed by atoms with Crippen LogP contribution in [0.3, 0.4) is 0 Å². The molecule has 0 radical (unpaired) electrons. The van der Waals surface area contributed by atoms with Crippen molar-refractivity contribution in [2.75, 3.05) is 26.2 Å². The van der Waals surface area contributed by atoms with E-state index in [-0.39, 0.29) is 6.03 Å². The van der Waals surface area contributed by atoms with E-state index in [9.17, 15) is 4.79 Å². The van der Waals surface area contributed by atoms with Crippen molar-refractivity contribution < 1.29 is 13.9 Å². The molecule has 3 aromatic rings. The first-order chi connectivity index (χ1) is 16.0. The Balaban J connectivity index is 1.31. The van der Waals surface area contributed by atoms with Crippen LogP contribution in [0.15, 0.2) is 59.0 Å². The molecule has 33 heavy (non-hydrogen) atoms. The minimum Gasteiger partial charge on any atom is -0.493 e. The number of urea groups is 1. The number of aryl methyl sites for hydroxylation is 1. The van der Waals surface area contributed by atoms with Crippen molar-refractivity contribution in [1.29, 1.82) is 0 Å². The van der Waals surface area contributed by atoms with Crippen LogP contribution in [0, 0.1) is 18.8 Å². The van der Waals surface area contributed by atoms with Gasteiger partial charge in [0.1, 0.15) is 11.5 Å². The Morgan fingerprint density at radius 3 is 2.79 bits per heavy atom. The fourth-order valence-corrected chi connectivity index (χ4v) is 4.42. The largest absolute Gasteiger partial charge is 0.493 e. The third kappa shape index (κ3) is 5.75. The van der Waals surface area contributed by atoms with E-state index in [1.165, 1.54) is 5.56 Å². The number of nitrogens with zero attached hydrogens (tertiary/aromatic N) is 2. The highest BCUT2D eigenvalue weighted by atomic mass is 16.5. The molecule has 1 fully saturated rings. The molecule has 2 amide bonds. The third-order valence-electron chi connectivity index (χ3n) is 6.30. The van der Waals surface area contributed by atoms with Gasteiger partial charge in [0.05, 0.1) is 12.3 Å². The molecular formula is C27H33N3O3. The van der Waals surface area contributed by atoms with Gasteiger partial charge in [-0.1, -0.05) is 37.3 Å². The first-order valence-electron chi connectivity index (χ1n) is 11.8. The lowest BCUT2D eigenvalue weighted by Crippen LogP contribution is -2.38. The average molecular weight is 448 g/mol. The molecule has 0 aliphatic carbocycles. The molecule has 1 N–H and O–H groups in total. The summed E-state index contributed by atoms with van der Waals surface area (Å²) < 4.78 is 11.9. The van der Waals surface area contributed by atoms with Crippen LogP contribution in [-0.2, 0) is 12.8 Å². The van der Waals surface area contributed by atoms with Crippen LogP contribution in [0.4, 0.5) is 4.79 Å². The fraction of sp³-hybridized carbons (Fsp3) is 0.407. The zero-order valence-electron chi connectivity index (χ0n) is 19.7. The van der Waals surface area contributed by atoms with Gasteiger partial charge in [-0.15, -0.1) is 0 Å². The van der Waals surface area contributed by atoms with E-state index < -0.39 is 0 Å². The number of nitrogens with one attached hydrogen (secondary N) is 1. The van der Waals surface area contributed by atoms with Gasteiger partial charge in [0, 0.05) is 31.6 Å². The van der Waals surface area contributed by atoms with E-state index in [4.69, 9.17) is 9.15 Å². The van der Waals surface area contributed by atoms with Crippen molar-refractivity contribution in [1.82, 2.24) is 15.2 Å². The van der Waals surface area contributed by atoms with Gasteiger partial charge in [-0.05, 0) is 61.9 Å². The highest BCUT2D eigenvalue weighted by Crippen LogP contribution is 2.28. The van der Waals surface area contributed by atoms with Gasteiger partial charge < -0.3 is 19.4 Å². The standard InChI is InChI=1S/C27H33N3O3/c1-4-28-27(31)30-17-19(2)23(18-30)15-21-9-8-12-24(16-21)32-14-13-25-20(3)33-26(29-25)22-10-6-5-7-11-22/h5-12,16,19,23H,4,13-15,17-18H2,1-3H3,(H,28,31)/t19-,23+/m0/s1. The molecule has 4 rings (SSSR count). The molecule has 2 aromatic carbocycles. The van der Waals surface area contributed by atoms with Crippen LogP contribution >= 0.6 is 0 Å². The Bertz CT molecular complexity index is 1060. The fourth-order valence-electron chi connectivity index (χ4n) is 4.42. The summed E-state index contributed by atoms with van der Waals surface area (Å²) in [6.07, 6.45) is 1.63. The molecule has 0 saturated carbocycles. The number of oxazole rings is 1. The van der Waals surface area contributed by atoms with Gasteiger partial charge in [0.25, 0.3) is 0 Å². The number of benzene rings is 2. The van der Waals surface area contributed by atoms with E-state index in [0.717, 1.165) is 42.3 Å². The van der Waals surface area contributed by atoms with Gasteiger partial charge in [0.15, 0.2) is 0 Å². The molecule has 174 valence electrons. The lowest BCUT2D eigenvalue weighted by Gasteiger charge is -2.17. The summed E-state index contributed by atoms with van der Waals surface area (Å²) in [5, 5.41) is 2.91. The number of ether oxygens (including phenoxy) is 1. The zero-order chi connectivity index (χ0) is 23.2. The van der Waals surface area contributed by atoms with Crippen LogP contribution in [0.25, 0.3) is 11.5 Å². The molecule has 1 aliphatic rings. The summed E-state index contributed by atoms with van der Waals surface area (Å²) in [4.78, 5) is 18.8. The number of carbonyl (C=O) groups is 1. The molecule has 1 aromatic heterocycles. The summed E-state index contributed by atoms with van der Waals surface area (Å²) in [6, 6.07) is 18.3. The van der Waals surface area contributed by atoms with Crippen molar-refractivity contribution in [3.63, 3.8) is 0 Å². The van der Waals surface area contributed by atoms with Crippen molar-refractivity contribution in [3.8, 4) is 17.2 Å². The third-order valence-corrected chi connectivity index (χ3v) is 6.30. The molecule has 2 atom stereocenters. The first-order valence-corrected chi connectivity index (χ1v) is 11.8. The maximum absolute atomic E-state index is 12.2. The summed E-state index contributed by atoms with van der Waals surface area (Å²) in [7, 11) is 0. The first kappa shape index (κ1) is 22.9. The van der Waals surface area contributed by atoms with Crippen LogP contribution in [-0.4, -0.2) is 42.2 Å². The Kier molecular flexibility index (Phi) is 7.33. The van der Waals surface area contributed by atoms with Gasteiger partial charge >= 0.3 is 6.03 Å². The zero-order valence-corrected chi connectivity index (χ0v) is 19.7. The molecule has 6 heteroatoms. The number of aromatic nitrogens is 1. The second-order valence-electron chi connectivity index (χ2n) is 8.82. The van der Waals surface area contributed by atoms with E-state index >= 15 is 0 Å². The minimum absolute atomic E-state index is 0.0440. The summed E-state index contributed by atoms with van der Waals surface area (Å²) >= 11 is 0. The summed E-state index contributed by atoms with van der Waals surface area (Å²) in [5.74, 6) is 3.28. The minimum atomic E-state index is 0.0440. The molecule has 0 spiro atoms. The molecule has 2 heterocycles. The van der Waals surface area contributed by atoms with Crippen LogP contribution in [0.2, 0.25) is 0 Å². The predicted octanol–water partition coefficient (Wildman–Crippen LogP) is 5.11. The molecule has 0 bridgehead atoms. The normalized spacial score (nSPS) is 17.8. The highest BCUT2D eigenvalue weighted by Gasteiger charge is 2.32. The van der Waals surface area contributed by atoms with E-state index in [1.807, 2.05) is 61.2 Å².